The van der Waals surface area contributed by atoms with E-state index in [1.807, 2.05) is 6.92 Å². The van der Waals surface area contributed by atoms with Gasteiger partial charge in [-0.15, -0.1) is 0 Å². The van der Waals surface area contributed by atoms with Gasteiger partial charge in [-0.2, -0.15) is 4.37 Å². The standard InChI is InChI=1S/C11H20N4S/c1-3-15-7-5-4-6-10(15)8-12-11-13-9(2)14-16-11/h10H,3-8H2,1-2H3,(H,12,13,14). The molecule has 2 rings (SSSR count). The lowest BCUT2D eigenvalue weighted by atomic mass is 10.0. The monoisotopic (exact) mass is 240 g/mol. The van der Waals surface area contributed by atoms with Crippen molar-refractivity contribution < 1.29 is 0 Å². The second-order valence-electron chi connectivity index (χ2n) is 4.31. The summed E-state index contributed by atoms with van der Waals surface area (Å²) in [6.45, 7) is 7.58. The molecule has 1 saturated heterocycles. The van der Waals surface area contributed by atoms with Crippen molar-refractivity contribution in [1.29, 1.82) is 0 Å². The summed E-state index contributed by atoms with van der Waals surface area (Å²) in [4.78, 5) is 6.88. The Morgan fingerprint density at radius 1 is 1.50 bits per heavy atom. The molecule has 0 amide bonds. The Labute approximate surface area is 101 Å². The number of likely N-dealkylation sites (tertiary alicyclic amines) is 1. The summed E-state index contributed by atoms with van der Waals surface area (Å²) in [6, 6.07) is 0.669. The largest absolute Gasteiger partial charge is 0.359 e. The van der Waals surface area contributed by atoms with Crippen molar-refractivity contribution in [3.05, 3.63) is 5.82 Å². The van der Waals surface area contributed by atoms with Crippen molar-refractivity contribution in [2.24, 2.45) is 0 Å². The van der Waals surface area contributed by atoms with E-state index in [2.05, 4.69) is 26.5 Å². The number of aromatic nitrogens is 2. The van der Waals surface area contributed by atoms with Crippen molar-refractivity contribution in [3.63, 3.8) is 0 Å². The zero-order chi connectivity index (χ0) is 11.4. The van der Waals surface area contributed by atoms with Gasteiger partial charge in [0.05, 0.1) is 0 Å². The highest BCUT2D eigenvalue weighted by Gasteiger charge is 2.20. The second-order valence-corrected chi connectivity index (χ2v) is 5.06. The second kappa shape index (κ2) is 5.59. The maximum absolute atomic E-state index is 4.32. The van der Waals surface area contributed by atoms with Crippen LogP contribution in [0, 0.1) is 6.92 Å². The Hall–Kier alpha value is -0.680. The van der Waals surface area contributed by atoms with Crippen molar-refractivity contribution in [2.45, 2.75) is 39.2 Å². The zero-order valence-electron chi connectivity index (χ0n) is 10.1. The number of aryl methyl sites for hydroxylation is 1. The fraction of sp³-hybridized carbons (Fsp3) is 0.818. The Morgan fingerprint density at radius 2 is 2.38 bits per heavy atom. The number of hydrogen-bond acceptors (Lipinski definition) is 5. The van der Waals surface area contributed by atoms with E-state index in [0.717, 1.165) is 24.0 Å². The first-order valence-corrected chi connectivity index (χ1v) is 6.85. The van der Waals surface area contributed by atoms with E-state index in [1.54, 1.807) is 0 Å². The molecule has 2 heterocycles. The average molecular weight is 240 g/mol. The van der Waals surface area contributed by atoms with Crippen LogP contribution < -0.4 is 5.32 Å². The summed E-state index contributed by atoms with van der Waals surface area (Å²) < 4.78 is 4.17. The summed E-state index contributed by atoms with van der Waals surface area (Å²) in [5, 5.41) is 4.36. The molecular formula is C11H20N4S. The molecule has 0 saturated carbocycles. The first-order chi connectivity index (χ1) is 7.79. The minimum atomic E-state index is 0.669. The van der Waals surface area contributed by atoms with Gasteiger partial charge in [0.2, 0.25) is 5.13 Å². The third-order valence-corrected chi connectivity index (χ3v) is 3.94. The molecule has 0 aliphatic carbocycles. The highest BCUT2D eigenvalue weighted by Crippen LogP contribution is 2.18. The summed E-state index contributed by atoms with van der Waals surface area (Å²) >= 11 is 1.46. The van der Waals surface area contributed by atoms with E-state index >= 15 is 0 Å². The minimum Gasteiger partial charge on any atom is -0.359 e. The lowest BCUT2D eigenvalue weighted by Crippen LogP contribution is -2.43. The third kappa shape index (κ3) is 2.92. The SMILES string of the molecule is CCN1CCCCC1CNc1nc(C)ns1. The van der Waals surface area contributed by atoms with Crippen LogP contribution in [-0.2, 0) is 0 Å². The number of nitrogens with one attached hydrogen (secondary N) is 1. The number of piperidine rings is 1. The van der Waals surface area contributed by atoms with Gasteiger partial charge in [-0.05, 0) is 32.9 Å². The molecule has 1 aromatic heterocycles. The first kappa shape index (κ1) is 11.8. The number of anilines is 1. The zero-order valence-corrected chi connectivity index (χ0v) is 10.9. The third-order valence-electron chi connectivity index (χ3n) is 3.17. The van der Waals surface area contributed by atoms with Crippen LogP contribution in [0.2, 0.25) is 0 Å². The molecule has 1 atom stereocenters. The molecular weight excluding hydrogens is 220 g/mol. The van der Waals surface area contributed by atoms with E-state index in [1.165, 1.54) is 37.3 Å². The predicted octanol–water partition coefficient (Wildman–Crippen LogP) is 2.13. The number of hydrogen-bond donors (Lipinski definition) is 1. The lowest BCUT2D eigenvalue weighted by molar-refractivity contribution is 0.164. The molecule has 5 heteroatoms. The van der Waals surface area contributed by atoms with Crippen LogP contribution in [0.4, 0.5) is 5.13 Å². The van der Waals surface area contributed by atoms with Crippen molar-refractivity contribution in [1.82, 2.24) is 14.3 Å². The Morgan fingerprint density at radius 3 is 3.06 bits per heavy atom. The molecule has 1 unspecified atom stereocenters. The van der Waals surface area contributed by atoms with E-state index in [-0.39, 0.29) is 0 Å². The first-order valence-electron chi connectivity index (χ1n) is 6.08. The van der Waals surface area contributed by atoms with Crippen molar-refractivity contribution >= 4 is 16.7 Å². The van der Waals surface area contributed by atoms with Crippen molar-refractivity contribution in [3.8, 4) is 0 Å². The molecule has 90 valence electrons. The maximum Gasteiger partial charge on any atom is 0.202 e. The molecule has 1 aliphatic heterocycles. The molecule has 1 N–H and O–H groups in total. The molecule has 1 aromatic rings. The highest BCUT2D eigenvalue weighted by atomic mass is 32.1. The molecule has 0 radical (unpaired) electrons. The van der Waals surface area contributed by atoms with Crippen LogP contribution in [0.25, 0.3) is 0 Å². The van der Waals surface area contributed by atoms with Crippen LogP contribution >= 0.6 is 11.5 Å². The van der Waals surface area contributed by atoms with Gasteiger partial charge in [-0.1, -0.05) is 13.3 Å². The van der Waals surface area contributed by atoms with Gasteiger partial charge >= 0.3 is 0 Å². The molecule has 1 fully saturated rings. The topological polar surface area (TPSA) is 41.0 Å². The minimum absolute atomic E-state index is 0.669. The van der Waals surface area contributed by atoms with Crippen LogP contribution in [0.1, 0.15) is 32.0 Å². The molecule has 0 aromatic carbocycles. The van der Waals surface area contributed by atoms with E-state index in [0.29, 0.717) is 6.04 Å². The summed E-state index contributed by atoms with van der Waals surface area (Å²) in [6.07, 6.45) is 4.01. The molecule has 1 aliphatic rings. The van der Waals surface area contributed by atoms with Gasteiger partial charge in [0.15, 0.2) is 0 Å². The highest BCUT2D eigenvalue weighted by molar-refractivity contribution is 7.09. The van der Waals surface area contributed by atoms with E-state index in [4.69, 9.17) is 0 Å². The summed E-state index contributed by atoms with van der Waals surface area (Å²) in [7, 11) is 0. The molecule has 4 nitrogen and oxygen atoms in total. The summed E-state index contributed by atoms with van der Waals surface area (Å²) in [5.74, 6) is 0.864. The van der Waals surface area contributed by atoms with Gasteiger partial charge in [0, 0.05) is 24.1 Å². The number of likely N-dealkylation sites (N-methyl/N-ethyl adjacent to an activating group) is 1. The van der Waals surface area contributed by atoms with E-state index in [9.17, 15) is 0 Å². The smallest absolute Gasteiger partial charge is 0.202 e. The van der Waals surface area contributed by atoms with Gasteiger partial charge in [-0.25, -0.2) is 4.98 Å². The van der Waals surface area contributed by atoms with E-state index < -0.39 is 0 Å². The van der Waals surface area contributed by atoms with Crippen LogP contribution in [-0.4, -0.2) is 39.9 Å². The number of rotatable bonds is 4. The van der Waals surface area contributed by atoms with Gasteiger partial charge in [0.1, 0.15) is 5.82 Å². The fourth-order valence-electron chi connectivity index (χ4n) is 2.28. The Kier molecular flexibility index (Phi) is 4.12. The van der Waals surface area contributed by atoms with Crippen molar-refractivity contribution in [2.75, 3.05) is 25.0 Å². The Balaban J connectivity index is 1.84. The summed E-state index contributed by atoms with van der Waals surface area (Å²) in [5.41, 5.74) is 0. The normalized spacial score (nSPS) is 22.2. The van der Waals surface area contributed by atoms with Crippen LogP contribution in [0.3, 0.4) is 0 Å². The Bertz CT molecular complexity index is 326. The average Bonchev–Trinajstić information content (AvgIpc) is 2.73. The van der Waals surface area contributed by atoms with Crippen LogP contribution in [0.5, 0.6) is 0 Å². The lowest BCUT2D eigenvalue weighted by Gasteiger charge is -2.34. The van der Waals surface area contributed by atoms with Gasteiger partial charge < -0.3 is 5.32 Å². The predicted molar refractivity (Wildman–Crippen MR) is 68.0 cm³/mol. The number of nitrogens with zero attached hydrogens (tertiary/aromatic N) is 3. The molecule has 0 bridgehead atoms. The molecule has 0 spiro atoms. The fourth-order valence-corrected chi connectivity index (χ4v) is 2.86. The quantitative estimate of drug-likeness (QED) is 0.875. The van der Waals surface area contributed by atoms with Gasteiger partial charge in [-0.3, -0.25) is 4.90 Å². The van der Waals surface area contributed by atoms with Crippen LogP contribution in [0.15, 0.2) is 0 Å². The maximum atomic E-state index is 4.32. The molecule has 16 heavy (non-hydrogen) atoms. The van der Waals surface area contributed by atoms with Gasteiger partial charge in [0.25, 0.3) is 0 Å².